The third-order valence-corrected chi connectivity index (χ3v) is 3.68. The minimum absolute atomic E-state index is 0.319. The molecule has 0 heterocycles. The van der Waals surface area contributed by atoms with E-state index < -0.39 is 5.97 Å². The second-order valence-electron chi connectivity index (χ2n) is 5.95. The first-order chi connectivity index (χ1) is 10.2. The molecule has 0 radical (unpaired) electrons. The third-order valence-electron chi connectivity index (χ3n) is 3.68. The molecule has 0 aliphatic heterocycles. The molecule has 1 unspecified atom stereocenters. The maximum Gasteiger partial charge on any atom is 0.303 e. The highest BCUT2D eigenvalue weighted by molar-refractivity contribution is 5.66. The number of carboxylic acid groups (broad SMARTS) is 1. The van der Waals surface area contributed by atoms with Crippen molar-refractivity contribution in [2.45, 2.75) is 84.5 Å². The summed E-state index contributed by atoms with van der Waals surface area (Å²) in [7, 11) is 0. The summed E-state index contributed by atoms with van der Waals surface area (Å²) < 4.78 is 0. The Labute approximate surface area is 131 Å². The van der Waals surface area contributed by atoms with Crippen LogP contribution in [0.4, 0.5) is 0 Å². The summed E-state index contributed by atoms with van der Waals surface area (Å²) in [6, 6.07) is 0. The predicted molar refractivity (Wildman–Crippen MR) is 91.5 cm³/mol. The van der Waals surface area contributed by atoms with E-state index in [2.05, 4.69) is 38.2 Å². The molecule has 0 rings (SSSR count). The number of hydrogen-bond acceptors (Lipinski definition) is 1. The van der Waals surface area contributed by atoms with Gasteiger partial charge in [-0.2, -0.15) is 0 Å². The average Bonchev–Trinajstić information content (AvgIpc) is 2.45. The van der Waals surface area contributed by atoms with Crippen molar-refractivity contribution in [1.82, 2.24) is 0 Å². The van der Waals surface area contributed by atoms with E-state index in [-0.39, 0.29) is 0 Å². The molecule has 1 N–H and O–H groups in total. The van der Waals surface area contributed by atoms with Crippen LogP contribution in [0.15, 0.2) is 24.3 Å². The second kappa shape index (κ2) is 15.3. The van der Waals surface area contributed by atoms with Gasteiger partial charge in [0.1, 0.15) is 0 Å². The smallest absolute Gasteiger partial charge is 0.303 e. The molecule has 0 aromatic carbocycles. The van der Waals surface area contributed by atoms with Crippen molar-refractivity contribution < 1.29 is 9.90 Å². The van der Waals surface area contributed by atoms with Crippen LogP contribution in [0.25, 0.3) is 0 Å². The van der Waals surface area contributed by atoms with Crippen LogP contribution in [-0.4, -0.2) is 11.1 Å². The fraction of sp³-hybridized carbons (Fsp3) is 0.737. The normalized spacial score (nSPS) is 13.2. The van der Waals surface area contributed by atoms with Crippen molar-refractivity contribution in [2.24, 2.45) is 5.92 Å². The average molecular weight is 294 g/mol. The Morgan fingerprint density at radius 3 is 2.48 bits per heavy atom. The first-order valence-corrected chi connectivity index (χ1v) is 8.70. The van der Waals surface area contributed by atoms with Crippen LogP contribution >= 0.6 is 0 Å². The lowest BCUT2D eigenvalue weighted by Crippen LogP contribution is -1.94. The first kappa shape index (κ1) is 19.9. The molecule has 2 nitrogen and oxygen atoms in total. The van der Waals surface area contributed by atoms with E-state index in [0.717, 1.165) is 25.7 Å². The Hall–Kier alpha value is -1.05. The summed E-state index contributed by atoms with van der Waals surface area (Å²) in [6.07, 6.45) is 21.1. The molecule has 2 heteroatoms. The van der Waals surface area contributed by atoms with Crippen molar-refractivity contribution >= 4 is 5.97 Å². The summed E-state index contributed by atoms with van der Waals surface area (Å²) in [5.41, 5.74) is 0. The van der Waals surface area contributed by atoms with Gasteiger partial charge in [-0.05, 0) is 38.0 Å². The zero-order chi connectivity index (χ0) is 15.8. The van der Waals surface area contributed by atoms with Crippen LogP contribution in [0.3, 0.4) is 0 Å². The lowest BCUT2D eigenvalue weighted by Gasteiger charge is -2.05. The highest BCUT2D eigenvalue weighted by Crippen LogP contribution is 2.12. The van der Waals surface area contributed by atoms with Gasteiger partial charge in [0.2, 0.25) is 0 Å². The minimum atomic E-state index is -0.672. The zero-order valence-electron chi connectivity index (χ0n) is 14.0. The molecule has 0 saturated carbocycles. The first-order valence-electron chi connectivity index (χ1n) is 8.70. The van der Waals surface area contributed by atoms with E-state index in [1.165, 1.54) is 38.5 Å². The molecular weight excluding hydrogens is 260 g/mol. The van der Waals surface area contributed by atoms with Crippen molar-refractivity contribution in [1.29, 1.82) is 0 Å². The van der Waals surface area contributed by atoms with Crippen molar-refractivity contribution in [3.63, 3.8) is 0 Å². The Morgan fingerprint density at radius 1 is 1.00 bits per heavy atom. The Kier molecular flexibility index (Phi) is 14.6. The molecule has 21 heavy (non-hydrogen) atoms. The van der Waals surface area contributed by atoms with Gasteiger partial charge in [0.25, 0.3) is 0 Å². The highest BCUT2D eigenvalue weighted by atomic mass is 16.4. The summed E-state index contributed by atoms with van der Waals surface area (Å²) in [6.45, 7) is 4.50. The zero-order valence-corrected chi connectivity index (χ0v) is 14.0. The third kappa shape index (κ3) is 16.9. The van der Waals surface area contributed by atoms with Gasteiger partial charge in [-0.3, -0.25) is 4.79 Å². The molecule has 0 aromatic heterocycles. The lowest BCUT2D eigenvalue weighted by molar-refractivity contribution is -0.137. The Balaban J connectivity index is 3.41. The maximum atomic E-state index is 10.4. The van der Waals surface area contributed by atoms with Gasteiger partial charge in [0.05, 0.1) is 0 Å². The van der Waals surface area contributed by atoms with Gasteiger partial charge in [-0.25, -0.2) is 0 Å². The molecule has 1 atom stereocenters. The van der Waals surface area contributed by atoms with E-state index in [9.17, 15) is 4.79 Å². The molecule has 0 spiro atoms. The highest BCUT2D eigenvalue weighted by Gasteiger charge is 1.99. The molecule has 0 fully saturated rings. The quantitative estimate of drug-likeness (QED) is 0.309. The summed E-state index contributed by atoms with van der Waals surface area (Å²) in [4.78, 5) is 10.4. The standard InChI is InChI=1S/C19H34O2/c1-3-4-5-6-7-8-9-12-15-18(2)16-13-10-11-14-17-19(20)21/h7-8,12,15,18H,3-6,9-11,13-14,16-17H2,1-2H3,(H,20,21)/b8-7-,15-12-. The molecule has 0 aromatic rings. The van der Waals surface area contributed by atoms with Gasteiger partial charge >= 0.3 is 5.97 Å². The lowest BCUT2D eigenvalue weighted by atomic mass is 10.0. The fourth-order valence-electron chi connectivity index (χ4n) is 2.31. The van der Waals surface area contributed by atoms with Gasteiger partial charge < -0.3 is 5.11 Å². The topological polar surface area (TPSA) is 37.3 Å². The number of carbonyl (C=O) groups is 1. The number of hydrogen-bond donors (Lipinski definition) is 1. The summed E-state index contributed by atoms with van der Waals surface area (Å²) in [5, 5.41) is 8.54. The van der Waals surface area contributed by atoms with Crippen molar-refractivity contribution in [3.8, 4) is 0 Å². The molecule has 122 valence electrons. The number of allylic oxidation sites excluding steroid dienone is 4. The largest absolute Gasteiger partial charge is 0.481 e. The molecular formula is C19H34O2. The molecule has 0 saturated heterocycles. The van der Waals surface area contributed by atoms with Gasteiger partial charge in [-0.15, -0.1) is 0 Å². The summed E-state index contributed by atoms with van der Waals surface area (Å²) >= 11 is 0. The number of carboxylic acids is 1. The van der Waals surface area contributed by atoms with E-state index >= 15 is 0 Å². The Morgan fingerprint density at radius 2 is 1.76 bits per heavy atom. The van der Waals surface area contributed by atoms with Gasteiger partial charge in [0, 0.05) is 6.42 Å². The molecule has 0 amide bonds. The monoisotopic (exact) mass is 294 g/mol. The number of rotatable bonds is 14. The van der Waals surface area contributed by atoms with E-state index in [1.54, 1.807) is 0 Å². The van der Waals surface area contributed by atoms with Crippen LogP contribution in [0.5, 0.6) is 0 Å². The summed E-state index contributed by atoms with van der Waals surface area (Å²) in [5.74, 6) is -0.0352. The molecule has 0 aliphatic carbocycles. The molecule has 0 aliphatic rings. The van der Waals surface area contributed by atoms with Crippen LogP contribution in [0, 0.1) is 5.92 Å². The van der Waals surface area contributed by atoms with Crippen LogP contribution in [0.2, 0.25) is 0 Å². The van der Waals surface area contributed by atoms with E-state index in [4.69, 9.17) is 5.11 Å². The second-order valence-corrected chi connectivity index (χ2v) is 5.95. The molecule has 0 bridgehead atoms. The van der Waals surface area contributed by atoms with Gasteiger partial charge in [0.15, 0.2) is 0 Å². The van der Waals surface area contributed by atoms with E-state index in [1.807, 2.05) is 0 Å². The van der Waals surface area contributed by atoms with Gasteiger partial charge in [-0.1, -0.05) is 70.3 Å². The fourth-order valence-corrected chi connectivity index (χ4v) is 2.31. The van der Waals surface area contributed by atoms with Crippen molar-refractivity contribution in [3.05, 3.63) is 24.3 Å². The minimum Gasteiger partial charge on any atom is -0.481 e. The maximum absolute atomic E-state index is 10.4. The SMILES string of the molecule is CCCCC/C=C\C/C=C\C(C)CCCCCCC(=O)O. The Bertz CT molecular complexity index is 292. The number of aliphatic carboxylic acids is 1. The predicted octanol–water partition coefficient (Wildman–Crippen LogP) is 6.13. The number of unbranched alkanes of at least 4 members (excludes halogenated alkanes) is 6. The van der Waals surface area contributed by atoms with Crippen molar-refractivity contribution in [2.75, 3.05) is 0 Å². The van der Waals surface area contributed by atoms with E-state index in [0.29, 0.717) is 12.3 Å². The van der Waals surface area contributed by atoms with Crippen LogP contribution < -0.4 is 0 Å². The van der Waals surface area contributed by atoms with Crippen LogP contribution in [0.1, 0.15) is 84.5 Å². The van der Waals surface area contributed by atoms with Crippen LogP contribution in [-0.2, 0) is 4.79 Å².